The van der Waals surface area contributed by atoms with Crippen LogP contribution in [-0.2, 0) is 21.0 Å². The van der Waals surface area contributed by atoms with E-state index >= 15 is 0 Å². The Morgan fingerprint density at radius 1 is 1.07 bits per heavy atom. The zero-order valence-corrected chi connectivity index (χ0v) is 19.9. The molecule has 1 saturated heterocycles. The molecule has 2 aliphatic rings. The fraction of sp³-hybridized carbons (Fsp3) is 0.600. The second kappa shape index (κ2) is 8.49. The van der Waals surface area contributed by atoms with E-state index in [4.69, 9.17) is 0 Å². The monoisotopic (exact) mass is 427 g/mol. The first-order valence-corrected chi connectivity index (χ1v) is 11.8. The molecule has 1 aromatic carbocycles. The third-order valence-corrected chi connectivity index (χ3v) is 8.32. The van der Waals surface area contributed by atoms with Gasteiger partial charge in [-0.25, -0.2) is 0 Å². The highest BCUT2D eigenvalue weighted by Gasteiger charge is 2.49. The summed E-state index contributed by atoms with van der Waals surface area (Å²) in [5.74, 6) is 5.39. The maximum atomic E-state index is 13.2. The van der Waals surface area contributed by atoms with Crippen LogP contribution >= 0.6 is 0 Å². The Hall–Kier alpha value is -1.61. The normalized spacial score (nSPS) is 21.4. The van der Waals surface area contributed by atoms with E-state index in [1.165, 1.54) is 0 Å². The van der Waals surface area contributed by atoms with Gasteiger partial charge in [0, 0.05) is 42.9 Å². The second-order valence-corrected chi connectivity index (χ2v) is 12.1. The van der Waals surface area contributed by atoms with Gasteiger partial charge in [-0.15, -0.1) is 10.2 Å². The zero-order chi connectivity index (χ0) is 22.3. The highest BCUT2D eigenvalue weighted by atomic mass is 32.2. The van der Waals surface area contributed by atoms with E-state index in [2.05, 4.69) is 11.8 Å². The number of hydrogen-bond donors (Lipinski definition) is 0. The van der Waals surface area contributed by atoms with Crippen LogP contribution in [0.1, 0.15) is 81.5 Å². The Balaban J connectivity index is 1.78. The summed E-state index contributed by atoms with van der Waals surface area (Å²) in [6, 6.07) is 3.95. The lowest BCUT2D eigenvalue weighted by molar-refractivity contribution is -0.138. The number of rotatable bonds is 2. The van der Waals surface area contributed by atoms with Crippen molar-refractivity contribution in [1.29, 1.82) is 0 Å². The van der Waals surface area contributed by atoms with Gasteiger partial charge >= 0.3 is 0 Å². The molecule has 0 radical (unpaired) electrons. The van der Waals surface area contributed by atoms with Gasteiger partial charge in [0.2, 0.25) is 0 Å². The van der Waals surface area contributed by atoms with Gasteiger partial charge in [0.15, 0.2) is 0 Å². The maximum Gasteiger partial charge on any atom is 0.148 e. The highest BCUT2D eigenvalue weighted by molar-refractivity contribution is 7.90. The standard InChI is InChI=1S/C25H33NO3S/c1-7-8-19-13-17(2)22(18(3)14-19)23-20(27)15-25(16-21(23)28)9-11-26(12-10-25)30(29)24(4,5)6/h13-14,23H,9-12,15-16H2,1-6H3. The van der Waals surface area contributed by atoms with E-state index in [0.717, 1.165) is 35.1 Å². The minimum atomic E-state index is -1.06. The van der Waals surface area contributed by atoms with E-state index in [9.17, 15) is 14.1 Å². The molecule has 1 aromatic rings. The highest BCUT2D eigenvalue weighted by Crippen LogP contribution is 2.47. The van der Waals surface area contributed by atoms with Gasteiger partial charge in [0.1, 0.15) is 22.2 Å². The number of nitrogens with zero attached hydrogens (tertiary/aromatic N) is 1. The number of hydrogen-bond acceptors (Lipinski definition) is 4. The van der Waals surface area contributed by atoms with Crippen molar-refractivity contribution < 1.29 is 14.1 Å². The summed E-state index contributed by atoms with van der Waals surface area (Å²) < 4.78 is 14.4. The third kappa shape index (κ3) is 4.51. The predicted molar refractivity (Wildman–Crippen MR) is 122 cm³/mol. The number of benzene rings is 1. The molecular weight excluding hydrogens is 394 g/mol. The Morgan fingerprint density at radius 2 is 1.57 bits per heavy atom. The first-order valence-electron chi connectivity index (χ1n) is 10.7. The van der Waals surface area contributed by atoms with Crippen LogP contribution in [0.3, 0.4) is 0 Å². The molecule has 3 rings (SSSR count). The summed E-state index contributed by atoms with van der Waals surface area (Å²) in [7, 11) is 0. The van der Waals surface area contributed by atoms with E-state index in [1.807, 2.05) is 51.1 Å². The van der Waals surface area contributed by atoms with Crippen molar-refractivity contribution in [1.82, 2.24) is 4.31 Å². The number of Topliss-reactive ketones (excluding diaryl/α,β-unsaturated/α-hetero) is 2. The lowest BCUT2D eigenvalue weighted by Crippen LogP contribution is -2.51. The van der Waals surface area contributed by atoms with Crippen molar-refractivity contribution in [3.05, 3.63) is 34.4 Å². The number of carbonyl (C=O) groups is 2. The smallest absolute Gasteiger partial charge is 0.148 e. The minimum Gasteiger partial charge on any atom is -0.598 e. The van der Waals surface area contributed by atoms with Crippen molar-refractivity contribution >= 4 is 22.9 Å². The van der Waals surface area contributed by atoms with E-state index < -0.39 is 17.3 Å². The van der Waals surface area contributed by atoms with Gasteiger partial charge in [0.25, 0.3) is 0 Å². The van der Waals surface area contributed by atoms with Crippen molar-refractivity contribution in [2.24, 2.45) is 5.41 Å². The lowest BCUT2D eigenvalue weighted by atomic mass is 9.63. The van der Waals surface area contributed by atoms with Crippen LogP contribution in [0.5, 0.6) is 0 Å². The number of aryl methyl sites for hydroxylation is 2. The van der Waals surface area contributed by atoms with Crippen molar-refractivity contribution in [2.45, 2.75) is 77.9 Å². The molecule has 2 fully saturated rings. The molecule has 1 heterocycles. The van der Waals surface area contributed by atoms with Crippen LogP contribution in [0, 0.1) is 31.1 Å². The van der Waals surface area contributed by atoms with Crippen molar-refractivity contribution in [2.75, 3.05) is 13.1 Å². The summed E-state index contributed by atoms with van der Waals surface area (Å²) in [5.41, 5.74) is 3.45. The summed E-state index contributed by atoms with van der Waals surface area (Å²) in [6.45, 7) is 13.0. The summed E-state index contributed by atoms with van der Waals surface area (Å²) in [4.78, 5) is 26.5. The maximum absolute atomic E-state index is 13.2. The summed E-state index contributed by atoms with van der Waals surface area (Å²) in [6.07, 6.45) is 2.38. The van der Waals surface area contributed by atoms with Gasteiger partial charge in [-0.2, -0.15) is 0 Å². The second-order valence-electron chi connectivity index (χ2n) is 9.91. The topological polar surface area (TPSA) is 60.4 Å². The van der Waals surface area contributed by atoms with Crippen LogP contribution in [0.4, 0.5) is 0 Å². The number of carbonyl (C=O) groups excluding carboxylic acids is 2. The fourth-order valence-corrected chi connectivity index (χ4v) is 6.31. The fourth-order valence-electron chi connectivity index (χ4n) is 5.02. The van der Waals surface area contributed by atoms with Gasteiger partial charge in [-0.3, -0.25) is 9.59 Å². The molecule has 1 saturated carbocycles. The van der Waals surface area contributed by atoms with Gasteiger partial charge < -0.3 is 4.55 Å². The van der Waals surface area contributed by atoms with Gasteiger partial charge in [-0.1, -0.05) is 5.92 Å². The molecule has 5 heteroatoms. The SMILES string of the molecule is CC#Cc1cc(C)c(C2C(=O)CC3(CCN([S+]([O-])C(C)(C)C)CC3)CC2=O)c(C)c1. The molecular formula is C25H33NO3S. The van der Waals surface area contributed by atoms with Crippen LogP contribution in [0.25, 0.3) is 0 Å². The lowest BCUT2D eigenvalue weighted by Gasteiger charge is -2.45. The molecule has 0 amide bonds. The van der Waals surface area contributed by atoms with Crippen molar-refractivity contribution in [3.8, 4) is 11.8 Å². The van der Waals surface area contributed by atoms with Gasteiger partial charge in [0.05, 0.1) is 0 Å². The first-order chi connectivity index (χ1) is 14.0. The molecule has 30 heavy (non-hydrogen) atoms. The van der Waals surface area contributed by atoms with Crippen LogP contribution in [-0.4, -0.2) is 38.3 Å². The molecule has 162 valence electrons. The third-order valence-electron chi connectivity index (χ3n) is 6.44. The summed E-state index contributed by atoms with van der Waals surface area (Å²) in [5, 5.41) is 0. The molecule has 1 atom stereocenters. The Kier molecular flexibility index (Phi) is 6.53. The zero-order valence-electron chi connectivity index (χ0n) is 19.1. The molecule has 4 nitrogen and oxygen atoms in total. The minimum absolute atomic E-state index is 0.0390. The summed E-state index contributed by atoms with van der Waals surface area (Å²) >= 11 is -1.06. The molecule has 1 aliphatic carbocycles. The van der Waals surface area contributed by atoms with E-state index in [1.54, 1.807) is 6.92 Å². The Morgan fingerprint density at radius 3 is 2.00 bits per heavy atom. The van der Waals surface area contributed by atoms with Crippen LogP contribution in [0.15, 0.2) is 12.1 Å². The molecule has 1 aliphatic heterocycles. The first kappa shape index (κ1) is 23.1. The predicted octanol–water partition coefficient (Wildman–Crippen LogP) is 4.23. The quantitative estimate of drug-likeness (QED) is 0.402. The molecule has 1 spiro atoms. The Bertz CT molecular complexity index is 868. The molecule has 0 aromatic heterocycles. The molecule has 1 unspecified atom stereocenters. The Labute approximate surface area is 184 Å². The van der Waals surface area contributed by atoms with Crippen LogP contribution < -0.4 is 0 Å². The average Bonchev–Trinajstić information content (AvgIpc) is 2.63. The molecule has 0 N–H and O–H groups in total. The van der Waals surface area contributed by atoms with E-state index in [0.29, 0.717) is 25.9 Å². The molecule has 0 bridgehead atoms. The van der Waals surface area contributed by atoms with Crippen LogP contribution in [0.2, 0.25) is 0 Å². The average molecular weight is 428 g/mol. The van der Waals surface area contributed by atoms with E-state index in [-0.39, 0.29) is 21.7 Å². The largest absolute Gasteiger partial charge is 0.598 e. The number of piperidine rings is 1. The van der Waals surface area contributed by atoms with Gasteiger partial charge in [-0.05, 0) is 88.6 Å². The van der Waals surface area contributed by atoms with Crippen molar-refractivity contribution in [3.63, 3.8) is 0 Å². The number of ketones is 2.